The molecule has 7 N–H and O–H groups in total. The van der Waals surface area contributed by atoms with Gasteiger partial charge in [-0.15, -0.1) is 0 Å². The Morgan fingerprint density at radius 3 is 2.32 bits per heavy atom. The summed E-state index contributed by atoms with van der Waals surface area (Å²) in [5, 5.41) is 15.2. The van der Waals surface area contributed by atoms with Crippen molar-refractivity contribution in [3.05, 3.63) is 113 Å². The van der Waals surface area contributed by atoms with Crippen LogP contribution in [0.4, 0.5) is 11.5 Å². The predicted octanol–water partition coefficient (Wildman–Crippen LogP) is 8.09. The lowest BCUT2D eigenvalue weighted by Gasteiger charge is -2.43. The number of aliphatic hydroxyl groups is 1. The van der Waals surface area contributed by atoms with Crippen LogP contribution in [0.25, 0.3) is 27.8 Å². The first-order chi connectivity index (χ1) is 39.7. The molecule has 4 aliphatic heterocycles. The molecule has 0 aliphatic carbocycles. The molecule has 6 atom stereocenters. The third-order valence-corrected chi connectivity index (χ3v) is 20.7. The summed E-state index contributed by atoms with van der Waals surface area (Å²) in [7, 11) is -15.7. The van der Waals surface area contributed by atoms with Crippen LogP contribution in [-0.2, 0) is 36.4 Å². The number of hydrogen-bond donors (Lipinski definition) is 6. The highest BCUT2D eigenvalue weighted by molar-refractivity contribution is 7.66. The van der Waals surface area contributed by atoms with E-state index in [9.17, 15) is 38.3 Å². The number of nitrogen functional groups attached to an aromatic ring is 1. The third-order valence-electron chi connectivity index (χ3n) is 15.1. The van der Waals surface area contributed by atoms with Gasteiger partial charge in [-0.25, -0.2) is 28.0 Å². The van der Waals surface area contributed by atoms with Gasteiger partial charge in [0, 0.05) is 97.8 Å². The van der Waals surface area contributed by atoms with Crippen molar-refractivity contribution in [1.29, 1.82) is 0 Å². The molecule has 0 radical (unpaired) electrons. The fourth-order valence-electron chi connectivity index (χ4n) is 11.6. The summed E-state index contributed by atoms with van der Waals surface area (Å²) in [6, 6.07) is 8.23. The fourth-order valence-corrected chi connectivity index (χ4v) is 15.6. The van der Waals surface area contributed by atoms with E-state index in [1.54, 1.807) is 7.05 Å². The first-order valence-corrected chi connectivity index (χ1v) is 32.6. The number of carbonyl (C=O) groups excluding carboxylic acids is 2. The summed E-state index contributed by atoms with van der Waals surface area (Å²) in [6.07, 6.45) is 3.45. The molecule has 5 aromatic rings. The first kappa shape index (κ1) is 64.3. The molecule has 454 valence electrons. The lowest BCUT2D eigenvalue weighted by Crippen LogP contribution is -2.49. The number of halogens is 4. The molecule has 0 saturated carbocycles. The van der Waals surface area contributed by atoms with Crippen molar-refractivity contribution in [3.8, 4) is 23.3 Å². The number of fused-ring (bicyclic) bond motifs is 5. The fraction of sp³-hybridized carbons (Fsp3) is 0.400. The van der Waals surface area contributed by atoms with Gasteiger partial charge in [0.2, 0.25) is 11.3 Å². The number of phosphoric acid groups is 3. The number of nitrogens with two attached hydrogens (primary N) is 1. The number of rotatable bonds is 17. The zero-order chi connectivity index (χ0) is 62.2. The van der Waals surface area contributed by atoms with Gasteiger partial charge in [0.05, 0.1) is 67.5 Å². The lowest BCUT2D eigenvalue weighted by atomic mass is 9.83. The Bertz CT molecular complexity index is 4060. The van der Waals surface area contributed by atoms with Crippen LogP contribution in [0.1, 0.15) is 119 Å². The summed E-state index contributed by atoms with van der Waals surface area (Å²) < 4.78 is 63.5. The van der Waals surface area contributed by atoms with Crippen molar-refractivity contribution in [1.82, 2.24) is 29.3 Å². The first-order valence-electron chi connectivity index (χ1n) is 26.6. The van der Waals surface area contributed by atoms with Gasteiger partial charge in [0.25, 0.3) is 13.7 Å². The molecular formula is C55H61Cl4N8O15P3. The number of carbonyl (C=O) groups is 2. The van der Waals surface area contributed by atoms with Crippen LogP contribution in [0.15, 0.2) is 48.9 Å². The molecule has 6 heterocycles. The molecule has 0 bridgehead atoms. The number of benzene rings is 3. The van der Waals surface area contributed by atoms with E-state index in [0.29, 0.717) is 51.9 Å². The molecule has 2 aromatic heterocycles. The maximum Gasteiger partial charge on any atom is 0.487 e. The van der Waals surface area contributed by atoms with E-state index in [-0.39, 0.29) is 92.0 Å². The Hall–Kier alpha value is -5.18. The van der Waals surface area contributed by atoms with Gasteiger partial charge in [-0.05, 0) is 77.3 Å². The number of allylic oxidation sites excluding steroid dienone is 2. The largest absolute Gasteiger partial charge is 0.756 e. The van der Waals surface area contributed by atoms with Crippen molar-refractivity contribution in [2.24, 2.45) is 0 Å². The molecule has 9 rings (SSSR count). The number of nitrogens with zero attached hydrogens (tertiary/aromatic N) is 6. The zero-order valence-corrected chi connectivity index (χ0v) is 53.1. The highest BCUT2D eigenvalue weighted by Crippen LogP contribution is 2.65. The second kappa shape index (κ2) is 24.1. The van der Waals surface area contributed by atoms with Gasteiger partial charge >= 0.3 is 15.6 Å². The van der Waals surface area contributed by atoms with Gasteiger partial charge in [0.1, 0.15) is 48.2 Å². The molecule has 0 spiro atoms. The van der Waals surface area contributed by atoms with E-state index in [4.69, 9.17) is 66.5 Å². The normalized spacial score (nSPS) is 20.5. The van der Waals surface area contributed by atoms with Crippen LogP contribution >= 0.6 is 69.9 Å². The minimum Gasteiger partial charge on any atom is -0.756 e. The van der Waals surface area contributed by atoms with E-state index in [0.717, 1.165) is 33.3 Å². The summed E-state index contributed by atoms with van der Waals surface area (Å²) >= 11 is 28.4. The number of aliphatic hydroxyl groups excluding tert-OH is 1. The maximum atomic E-state index is 15.1. The smallest absolute Gasteiger partial charge is 0.487 e. The van der Waals surface area contributed by atoms with Crippen LogP contribution in [0.5, 0.6) is 11.5 Å². The highest BCUT2D eigenvalue weighted by atomic mass is 35.5. The molecular weight excluding hydrogens is 1250 g/mol. The van der Waals surface area contributed by atoms with Crippen LogP contribution < -0.4 is 40.7 Å². The number of aromatic nitrogens is 3. The molecule has 1 fully saturated rings. The lowest BCUT2D eigenvalue weighted by molar-refractivity contribution is -0.212. The summed E-state index contributed by atoms with van der Waals surface area (Å²) in [5.41, 5.74) is 12.7. The van der Waals surface area contributed by atoms with Gasteiger partial charge in [0.15, 0.2) is 5.54 Å². The SMILES string of the molecule is CCN1c2cc3c(cc2C(C)=CC1(C)C)C(c1c(Cl)c(Cl)c(Cl)c(Cl)c1C(=O)N(C)CCCC(=O)NCC#Cc1cn([C@H]2C[C@H](O)[C@@H](COP(=O)(O)OP(=O)(O)OP(=O)([O-])O)O2)c2ncnc(N)c12)=c1cc2c(cc1O3)=[N+](CC)C(C)(C)C=C2C. The number of phosphoric ester groups is 1. The van der Waals surface area contributed by atoms with Gasteiger partial charge in [-0.1, -0.05) is 64.3 Å². The number of likely N-dealkylation sites (N-methyl/N-ethyl adjacent to an activating group) is 2. The van der Waals surface area contributed by atoms with Gasteiger partial charge in [-0.2, -0.15) is 4.31 Å². The molecule has 2 amide bonds. The molecule has 23 nitrogen and oxygen atoms in total. The Morgan fingerprint density at radius 1 is 0.941 bits per heavy atom. The number of hydrogen-bond acceptors (Lipinski definition) is 16. The molecule has 3 unspecified atom stereocenters. The van der Waals surface area contributed by atoms with E-state index in [1.807, 2.05) is 12.1 Å². The topological polar surface area (TPSA) is 314 Å². The number of amides is 2. The van der Waals surface area contributed by atoms with Crippen molar-refractivity contribution < 1.29 is 70.6 Å². The Labute approximate surface area is 509 Å². The Kier molecular flexibility index (Phi) is 18.2. The van der Waals surface area contributed by atoms with E-state index in [2.05, 4.69) is 129 Å². The van der Waals surface area contributed by atoms with Crippen molar-refractivity contribution in [2.75, 3.05) is 50.5 Å². The minimum atomic E-state index is -5.87. The molecule has 85 heavy (non-hydrogen) atoms. The molecule has 1 saturated heterocycles. The predicted molar refractivity (Wildman–Crippen MR) is 321 cm³/mol. The van der Waals surface area contributed by atoms with Crippen LogP contribution in [0.2, 0.25) is 20.1 Å². The monoisotopic (exact) mass is 1310 g/mol. The Balaban J connectivity index is 0.944. The zero-order valence-electron chi connectivity index (χ0n) is 47.4. The molecule has 4 aliphatic rings. The molecule has 3 aromatic carbocycles. The standard InChI is InChI=1S/C55H61Cl4N8O15P3/c1-10-66-35-20-38-33(18-31(35)28(3)23-54(66,5)6)44(34-19-32-29(4)24-55(7,8)67(11-2)36(32)21-39(34)79-38)45-46(48(57)50(59)49(58)47(45)56)53(70)64(9)17-13-15-41(69)61-16-12-14-30-25-65(52-43(30)51(60)62-27-63-52)42-22-37(68)40(80-42)26-78-84(74,75)82-85(76,77)81-83(71,72)73/h18-21,23-25,27,37,40,42,68H,10-11,13,15-17,22,26H2,1-9H3,(H6-,60,61,62,63,69,71,72,73,74,75,76,77)/t37-,40+,42+/m0/s1. The second-order valence-electron chi connectivity index (χ2n) is 21.8. The number of nitrogens with one attached hydrogen (secondary N) is 1. The molecule has 30 heteroatoms. The second-order valence-corrected chi connectivity index (χ2v) is 27.7. The Morgan fingerprint density at radius 2 is 1.64 bits per heavy atom. The third kappa shape index (κ3) is 12.9. The minimum absolute atomic E-state index is 0.00626. The summed E-state index contributed by atoms with van der Waals surface area (Å²) in [4.78, 5) is 79.4. The number of ether oxygens (including phenoxy) is 2. The maximum absolute atomic E-state index is 15.1. The number of anilines is 2. The van der Waals surface area contributed by atoms with Crippen LogP contribution in [0, 0.1) is 11.8 Å². The average Bonchev–Trinajstić information content (AvgIpc) is 1.53. The van der Waals surface area contributed by atoms with Crippen molar-refractivity contribution in [2.45, 2.75) is 104 Å². The highest BCUT2D eigenvalue weighted by Gasteiger charge is 2.43. The van der Waals surface area contributed by atoms with Crippen LogP contribution in [0.3, 0.4) is 0 Å². The van der Waals surface area contributed by atoms with Crippen LogP contribution in [-0.4, -0.2) is 114 Å². The summed E-state index contributed by atoms with van der Waals surface area (Å²) in [5.74, 6) is 6.01. The van der Waals surface area contributed by atoms with Crippen molar-refractivity contribution >= 4 is 121 Å². The van der Waals surface area contributed by atoms with E-state index < -0.39 is 54.4 Å². The quantitative estimate of drug-likeness (QED) is 0.0165. The van der Waals surface area contributed by atoms with E-state index >= 15 is 4.79 Å². The summed E-state index contributed by atoms with van der Waals surface area (Å²) in [6.45, 7) is 17.5. The van der Waals surface area contributed by atoms with Gasteiger partial charge < -0.3 is 59.6 Å². The van der Waals surface area contributed by atoms with Crippen molar-refractivity contribution in [3.63, 3.8) is 0 Å². The average molecular weight is 1310 g/mol. The van der Waals surface area contributed by atoms with Gasteiger partial charge in [-0.3, -0.25) is 18.7 Å². The van der Waals surface area contributed by atoms with E-state index in [1.165, 1.54) is 22.0 Å².